The Balaban J connectivity index is 1.87. The minimum Gasteiger partial charge on any atom is -0.324 e. The monoisotopic (exact) mass is 291 g/mol. The van der Waals surface area contributed by atoms with Gasteiger partial charge in [-0.1, -0.05) is 11.6 Å². The van der Waals surface area contributed by atoms with Gasteiger partial charge in [0, 0.05) is 23.3 Å². The molecule has 0 aliphatic carbocycles. The van der Waals surface area contributed by atoms with E-state index in [-0.39, 0.29) is 11.9 Å². The van der Waals surface area contributed by atoms with E-state index in [2.05, 4.69) is 20.8 Å². The molecule has 1 aromatic heterocycles. The number of amides is 1. The molecule has 2 N–H and O–H groups in total. The highest BCUT2D eigenvalue weighted by molar-refractivity contribution is 6.31. The van der Waals surface area contributed by atoms with Crippen molar-refractivity contribution in [2.24, 2.45) is 7.05 Å². The third-order valence-corrected chi connectivity index (χ3v) is 3.63. The molecule has 0 saturated carbocycles. The second-order valence-corrected chi connectivity index (χ2v) is 5.28. The van der Waals surface area contributed by atoms with Crippen LogP contribution in [0.15, 0.2) is 24.5 Å². The fraction of sp³-hybridized carbons (Fsp3) is 0.308. The highest BCUT2D eigenvalue weighted by Gasteiger charge is 2.32. The van der Waals surface area contributed by atoms with Crippen molar-refractivity contribution in [3.63, 3.8) is 0 Å². The zero-order valence-electron chi connectivity index (χ0n) is 11.1. The number of aromatic nitrogens is 3. The molecule has 0 fully saturated rings. The van der Waals surface area contributed by atoms with Crippen LogP contribution in [-0.4, -0.2) is 20.7 Å². The third kappa shape index (κ3) is 2.17. The summed E-state index contributed by atoms with van der Waals surface area (Å²) < 4.78 is 1.82. The molecule has 2 atom stereocenters. The number of fused-ring (bicyclic) bond motifs is 1. The number of aryl methyl sites for hydroxylation is 1. The van der Waals surface area contributed by atoms with Crippen molar-refractivity contribution in [1.29, 1.82) is 0 Å². The van der Waals surface area contributed by atoms with E-state index in [4.69, 9.17) is 11.6 Å². The summed E-state index contributed by atoms with van der Waals surface area (Å²) in [4.78, 5) is 12.1. The predicted molar refractivity (Wildman–Crippen MR) is 75.4 cm³/mol. The molecule has 1 amide bonds. The molecule has 0 bridgehead atoms. The quantitative estimate of drug-likeness (QED) is 0.905. The van der Waals surface area contributed by atoms with Crippen molar-refractivity contribution in [3.05, 3.63) is 40.9 Å². The Bertz CT molecular complexity index is 669. The first-order valence-corrected chi connectivity index (χ1v) is 6.64. The largest absolute Gasteiger partial charge is 0.324 e. The van der Waals surface area contributed by atoms with E-state index >= 15 is 0 Å². The molecule has 0 spiro atoms. The Hall–Kier alpha value is -1.92. The molecule has 2 heterocycles. The van der Waals surface area contributed by atoms with Gasteiger partial charge in [-0.3, -0.25) is 10.1 Å². The SMILES string of the molecule is CC(NC1C(=O)Nc2ccc(Cl)cc21)c1nncn1C. The maximum absolute atomic E-state index is 12.1. The molecule has 3 rings (SSSR count). The molecule has 104 valence electrons. The fourth-order valence-electron chi connectivity index (χ4n) is 2.41. The van der Waals surface area contributed by atoms with Crippen molar-refractivity contribution < 1.29 is 4.79 Å². The molecule has 1 aliphatic rings. The third-order valence-electron chi connectivity index (χ3n) is 3.40. The lowest BCUT2D eigenvalue weighted by Crippen LogP contribution is -2.31. The van der Waals surface area contributed by atoms with Crippen LogP contribution in [0.2, 0.25) is 5.02 Å². The van der Waals surface area contributed by atoms with Crippen molar-refractivity contribution in [2.75, 3.05) is 5.32 Å². The highest BCUT2D eigenvalue weighted by Crippen LogP contribution is 2.34. The van der Waals surface area contributed by atoms with Crippen LogP contribution in [0.25, 0.3) is 0 Å². The van der Waals surface area contributed by atoms with E-state index in [1.807, 2.05) is 24.6 Å². The number of benzene rings is 1. The molecule has 2 unspecified atom stereocenters. The number of rotatable bonds is 3. The van der Waals surface area contributed by atoms with Gasteiger partial charge in [0.1, 0.15) is 18.2 Å². The Morgan fingerprint density at radius 2 is 2.30 bits per heavy atom. The second kappa shape index (κ2) is 4.88. The van der Waals surface area contributed by atoms with Crippen molar-refractivity contribution >= 4 is 23.2 Å². The van der Waals surface area contributed by atoms with Gasteiger partial charge >= 0.3 is 0 Å². The molecule has 7 heteroatoms. The lowest BCUT2D eigenvalue weighted by atomic mass is 10.1. The van der Waals surface area contributed by atoms with E-state index in [1.54, 1.807) is 18.5 Å². The maximum Gasteiger partial charge on any atom is 0.246 e. The van der Waals surface area contributed by atoms with Crippen LogP contribution < -0.4 is 10.6 Å². The van der Waals surface area contributed by atoms with Gasteiger partial charge in [-0.2, -0.15) is 0 Å². The van der Waals surface area contributed by atoms with Crippen LogP contribution in [0.5, 0.6) is 0 Å². The molecular formula is C13H14ClN5O. The van der Waals surface area contributed by atoms with Gasteiger partial charge in [0.15, 0.2) is 0 Å². The van der Waals surface area contributed by atoms with Crippen molar-refractivity contribution in [1.82, 2.24) is 20.1 Å². The van der Waals surface area contributed by atoms with Gasteiger partial charge in [-0.25, -0.2) is 0 Å². The average molecular weight is 292 g/mol. The van der Waals surface area contributed by atoms with Gasteiger partial charge in [0.25, 0.3) is 0 Å². The van der Waals surface area contributed by atoms with Gasteiger partial charge in [0.2, 0.25) is 5.91 Å². The summed E-state index contributed by atoms with van der Waals surface area (Å²) in [6.45, 7) is 1.94. The molecule has 0 saturated heterocycles. The number of nitrogens with zero attached hydrogens (tertiary/aromatic N) is 3. The normalized spacial score (nSPS) is 18.8. The van der Waals surface area contributed by atoms with Crippen LogP contribution in [0, 0.1) is 0 Å². The van der Waals surface area contributed by atoms with Crippen LogP contribution >= 0.6 is 11.6 Å². The average Bonchev–Trinajstić information content (AvgIpc) is 2.95. The molecule has 1 aromatic carbocycles. The second-order valence-electron chi connectivity index (χ2n) is 4.84. The summed E-state index contributed by atoms with van der Waals surface area (Å²) in [7, 11) is 1.87. The minimum atomic E-state index is -0.435. The number of halogens is 1. The molecule has 2 aromatic rings. The van der Waals surface area contributed by atoms with Gasteiger partial charge < -0.3 is 9.88 Å². The van der Waals surface area contributed by atoms with E-state index in [9.17, 15) is 4.79 Å². The number of carbonyl (C=O) groups is 1. The van der Waals surface area contributed by atoms with E-state index in [0.717, 1.165) is 17.1 Å². The Labute approximate surface area is 121 Å². The van der Waals surface area contributed by atoms with Gasteiger partial charge in [-0.05, 0) is 25.1 Å². The van der Waals surface area contributed by atoms with Crippen molar-refractivity contribution in [2.45, 2.75) is 19.0 Å². The first-order valence-electron chi connectivity index (χ1n) is 6.26. The van der Waals surface area contributed by atoms with Crippen LogP contribution in [0.4, 0.5) is 5.69 Å². The van der Waals surface area contributed by atoms with Crippen LogP contribution in [0.3, 0.4) is 0 Å². The summed E-state index contributed by atoms with van der Waals surface area (Å²) >= 11 is 6.00. The fourth-order valence-corrected chi connectivity index (χ4v) is 2.59. The topological polar surface area (TPSA) is 71.8 Å². The molecule has 1 aliphatic heterocycles. The summed E-state index contributed by atoms with van der Waals surface area (Å²) in [5.41, 5.74) is 1.65. The lowest BCUT2D eigenvalue weighted by Gasteiger charge is -2.17. The van der Waals surface area contributed by atoms with Gasteiger partial charge in [-0.15, -0.1) is 10.2 Å². The summed E-state index contributed by atoms with van der Waals surface area (Å²) in [5, 5.41) is 14.6. The zero-order valence-corrected chi connectivity index (χ0v) is 11.8. The first kappa shape index (κ1) is 13.1. The Kier molecular flexibility index (Phi) is 3.19. The molecule has 20 heavy (non-hydrogen) atoms. The molecule has 6 nitrogen and oxygen atoms in total. The van der Waals surface area contributed by atoms with Crippen LogP contribution in [-0.2, 0) is 11.8 Å². The predicted octanol–water partition coefficient (Wildman–Crippen LogP) is 1.81. The number of nitrogens with one attached hydrogen (secondary N) is 2. The molecular weight excluding hydrogens is 278 g/mol. The zero-order chi connectivity index (χ0) is 14.3. The minimum absolute atomic E-state index is 0.0868. The number of hydrogen-bond donors (Lipinski definition) is 2. The summed E-state index contributed by atoms with van der Waals surface area (Å²) in [6, 6.07) is 4.83. The molecule has 0 radical (unpaired) electrons. The number of hydrogen-bond acceptors (Lipinski definition) is 4. The van der Waals surface area contributed by atoms with E-state index in [1.165, 1.54) is 0 Å². The highest BCUT2D eigenvalue weighted by atomic mass is 35.5. The summed E-state index contributed by atoms with van der Waals surface area (Å²) in [5.74, 6) is 0.685. The van der Waals surface area contributed by atoms with Crippen molar-refractivity contribution in [3.8, 4) is 0 Å². The smallest absolute Gasteiger partial charge is 0.246 e. The maximum atomic E-state index is 12.1. The summed E-state index contributed by atoms with van der Waals surface area (Å²) in [6.07, 6.45) is 1.63. The number of carbonyl (C=O) groups excluding carboxylic acids is 1. The Morgan fingerprint density at radius 1 is 1.50 bits per heavy atom. The Morgan fingerprint density at radius 3 is 3.00 bits per heavy atom. The number of anilines is 1. The lowest BCUT2D eigenvalue weighted by molar-refractivity contribution is -0.117. The first-order chi connectivity index (χ1) is 9.56. The standard InChI is InChI=1S/C13H14ClN5O/c1-7(12-18-15-6-19(12)2)16-11-9-5-8(14)3-4-10(9)17-13(11)20/h3-7,11,16H,1-2H3,(H,17,20). The van der Waals surface area contributed by atoms with Gasteiger partial charge in [0.05, 0.1) is 6.04 Å². The van der Waals surface area contributed by atoms with Crippen LogP contribution in [0.1, 0.15) is 30.4 Å². The van der Waals surface area contributed by atoms with E-state index in [0.29, 0.717) is 5.02 Å². The van der Waals surface area contributed by atoms with E-state index < -0.39 is 6.04 Å².